The van der Waals surface area contributed by atoms with Gasteiger partial charge in [-0.05, 0) is 47.9 Å². The van der Waals surface area contributed by atoms with Gasteiger partial charge in [-0.1, -0.05) is 6.07 Å². The van der Waals surface area contributed by atoms with E-state index in [1.165, 1.54) is 30.3 Å². The van der Waals surface area contributed by atoms with Gasteiger partial charge in [-0.15, -0.1) is 0 Å². The van der Waals surface area contributed by atoms with Crippen molar-refractivity contribution in [2.75, 3.05) is 10.6 Å². The lowest BCUT2D eigenvalue weighted by Crippen LogP contribution is -2.06. The van der Waals surface area contributed by atoms with Crippen LogP contribution < -0.4 is 10.6 Å². The SMILES string of the molecule is O=S(=O)(O)c1cccc(Nc2nc(F)nc(Nc3ccc4c(O)cc(S(=O)(=O)O)cc4c3)n2)c1. The summed E-state index contributed by atoms with van der Waals surface area (Å²) >= 11 is 0. The number of hydrogen-bond donors (Lipinski definition) is 5. The summed E-state index contributed by atoms with van der Waals surface area (Å²) in [6.45, 7) is 0. The molecule has 0 radical (unpaired) electrons. The van der Waals surface area contributed by atoms with Crippen LogP contribution in [0.15, 0.2) is 64.4 Å². The number of aromatic hydroxyl groups is 1. The molecular weight excluding hydrogens is 493 g/mol. The Balaban J connectivity index is 1.65. The van der Waals surface area contributed by atoms with Crippen LogP contribution in [0, 0.1) is 6.08 Å². The summed E-state index contributed by atoms with van der Waals surface area (Å²) in [6, 6.07) is 11.4. The Labute approximate surface area is 191 Å². The molecule has 0 fully saturated rings. The highest BCUT2D eigenvalue weighted by atomic mass is 32.2. The number of nitrogens with one attached hydrogen (secondary N) is 2. The number of nitrogens with zero attached hydrogens (tertiary/aromatic N) is 3. The monoisotopic (exact) mass is 507 g/mol. The van der Waals surface area contributed by atoms with E-state index in [1.807, 2.05) is 0 Å². The van der Waals surface area contributed by atoms with Crippen LogP contribution in [-0.2, 0) is 20.2 Å². The number of rotatable bonds is 6. The molecule has 0 bridgehead atoms. The van der Waals surface area contributed by atoms with Gasteiger partial charge in [0, 0.05) is 22.8 Å². The van der Waals surface area contributed by atoms with Gasteiger partial charge >= 0.3 is 6.08 Å². The molecule has 0 atom stereocenters. The maximum absolute atomic E-state index is 14.0. The Morgan fingerprint density at radius 3 is 1.97 bits per heavy atom. The second-order valence-corrected chi connectivity index (χ2v) is 9.70. The van der Waals surface area contributed by atoms with Crippen LogP contribution >= 0.6 is 0 Å². The summed E-state index contributed by atoms with van der Waals surface area (Å²) in [6.07, 6.45) is -1.17. The largest absolute Gasteiger partial charge is 0.507 e. The van der Waals surface area contributed by atoms with E-state index in [0.717, 1.165) is 24.3 Å². The number of halogens is 1. The molecule has 0 aliphatic carbocycles. The van der Waals surface area contributed by atoms with Crippen molar-refractivity contribution in [3.63, 3.8) is 0 Å². The van der Waals surface area contributed by atoms with E-state index >= 15 is 0 Å². The van der Waals surface area contributed by atoms with E-state index in [4.69, 9.17) is 4.55 Å². The zero-order chi connectivity index (χ0) is 24.7. The number of benzene rings is 3. The quantitative estimate of drug-likeness (QED) is 0.240. The van der Waals surface area contributed by atoms with E-state index < -0.39 is 36.1 Å². The molecule has 3 aromatic carbocycles. The van der Waals surface area contributed by atoms with E-state index in [0.29, 0.717) is 5.39 Å². The Bertz CT molecular complexity index is 1650. The molecule has 0 saturated heterocycles. The number of phenolic OH excluding ortho intramolecular Hbond substituents is 1. The fourth-order valence-corrected chi connectivity index (χ4v) is 4.07. The molecule has 34 heavy (non-hydrogen) atoms. The van der Waals surface area contributed by atoms with Gasteiger partial charge in [0.05, 0.1) is 9.79 Å². The highest BCUT2D eigenvalue weighted by molar-refractivity contribution is 7.86. The van der Waals surface area contributed by atoms with Crippen LogP contribution in [0.25, 0.3) is 10.8 Å². The molecule has 1 heterocycles. The fraction of sp³-hybridized carbons (Fsp3) is 0. The highest BCUT2D eigenvalue weighted by Crippen LogP contribution is 2.31. The first-order chi connectivity index (χ1) is 15.9. The fourth-order valence-electron chi connectivity index (χ4n) is 3.00. The molecule has 12 nitrogen and oxygen atoms in total. The standard InChI is InChI=1S/C19H14FN5O7S2/c20-17-23-18(21-11-2-1-3-13(8-11)33(27,28)29)25-19(24-17)22-12-4-5-15-10(6-12)7-14(9-16(15)26)34(30,31)32/h1-9,26H,(H,27,28,29)(H,30,31,32)(H2,21,22,23,24,25). The van der Waals surface area contributed by atoms with Crippen molar-refractivity contribution in [1.29, 1.82) is 0 Å². The highest BCUT2D eigenvalue weighted by Gasteiger charge is 2.15. The van der Waals surface area contributed by atoms with Crippen LogP contribution in [0.5, 0.6) is 5.75 Å². The van der Waals surface area contributed by atoms with Crippen LogP contribution in [0.2, 0.25) is 0 Å². The average molecular weight is 507 g/mol. The Morgan fingerprint density at radius 1 is 0.735 bits per heavy atom. The first kappa shape index (κ1) is 23.2. The first-order valence-electron chi connectivity index (χ1n) is 9.16. The van der Waals surface area contributed by atoms with Crippen LogP contribution in [0.1, 0.15) is 0 Å². The van der Waals surface area contributed by atoms with Crippen molar-refractivity contribution in [2.24, 2.45) is 0 Å². The molecule has 0 unspecified atom stereocenters. The van der Waals surface area contributed by atoms with Gasteiger partial charge in [-0.25, -0.2) is 0 Å². The normalized spacial score (nSPS) is 12.0. The molecule has 0 aliphatic rings. The smallest absolute Gasteiger partial charge is 0.315 e. The third-order valence-corrected chi connectivity index (χ3v) is 6.14. The van der Waals surface area contributed by atoms with Gasteiger partial charge < -0.3 is 15.7 Å². The minimum absolute atomic E-state index is 0.144. The van der Waals surface area contributed by atoms with Gasteiger partial charge in [0.15, 0.2) is 0 Å². The predicted molar refractivity (Wildman–Crippen MR) is 118 cm³/mol. The van der Waals surface area contributed by atoms with Gasteiger partial charge in [-0.3, -0.25) is 9.11 Å². The van der Waals surface area contributed by atoms with E-state index in [2.05, 4.69) is 25.6 Å². The molecule has 0 saturated carbocycles. The summed E-state index contributed by atoms with van der Waals surface area (Å²) in [5.41, 5.74) is 0.426. The second-order valence-electron chi connectivity index (χ2n) is 6.86. The lowest BCUT2D eigenvalue weighted by molar-refractivity contribution is 0.471. The molecule has 5 N–H and O–H groups in total. The van der Waals surface area contributed by atoms with Crippen molar-refractivity contribution < 1.29 is 35.4 Å². The van der Waals surface area contributed by atoms with Crippen LogP contribution in [0.4, 0.5) is 27.7 Å². The molecule has 0 spiro atoms. The number of anilines is 4. The minimum Gasteiger partial charge on any atom is -0.507 e. The molecule has 15 heteroatoms. The summed E-state index contributed by atoms with van der Waals surface area (Å²) in [5, 5.41) is 15.9. The molecule has 176 valence electrons. The van der Waals surface area contributed by atoms with Crippen molar-refractivity contribution in [3.05, 3.63) is 60.7 Å². The lowest BCUT2D eigenvalue weighted by atomic mass is 10.1. The third-order valence-electron chi connectivity index (χ3n) is 4.45. The summed E-state index contributed by atoms with van der Waals surface area (Å²) in [5.74, 6) is -0.911. The third kappa shape index (κ3) is 5.18. The number of fused-ring (bicyclic) bond motifs is 1. The van der Waals surface area contributed by atoms with Gasteiger partial charge in [0.2, 0.25) is 11.9 Å². The van der Waals surface area contributed by atoms with E-state index in [1.54, 1.807) is 0 Å². The number of hydrogen-bond acceptors (Lipinski definition) is 10. The molecular formula is C19H14FN5O7S2. The maximum Gasteiger partial charge on any atom is 0.315 e. The summed E-state index contributed by atoms with van der Waals surface area (Å²) in [4.78, 5) is 10.1. The van der Waals surface area contributed by atoms with Crippen molar-refractivity contribution in [2.45, 2.75) is 9.79 Å². The first-order valence-corrected chi connectivity index (χ1v) is 12.0. The lowest BCUT2D eigenvalue weighted by Gasteiger charge is -2.10. The van der Waals surface area contributed by atoms with Crippen molar-refractivity contribution in [3.8, 4) is 5.75 Å². The average Bonchev–Trinajstić information content (AvgIpc) is 2.72. The topological polar surface area (TPSA) is 192 Å². The molecule has 0 amide bonds. The molecule has 4 rings (SSSR count). The Kier molecular flexibility index (Phi) is 5.78. The molecule has 0 aliphatic heterocycles. The van der Waals surface area contributed by atoms with Crippen molar-refractivity contribution in [1.82, 2.24) is 15.0 Å². The number of phenols is 1. The second kappa shape index (κ2) is 8.45. The zero-order valence-electron chi connectivity index (χ0n) is 16.7. The Hall–Kier alpha value is -3.92. The summed E-state index contributed by atoms with van der Waals surface area (Å²) < 4.78 is 77.8. The minimum atomic E-state index is -4.57. The molecule has 4 aromatic rings. The maximum atomic E-state index is 14.0. The molecule has 1 aromatic heterocycles. The summed E-state index contributed by atoms with van der Waals surface area (Å²) in [7, 11) is -9.03. The van der Waals surface area contributed by atoms with E-state index in [-0.39, 0.29) is 34.4 Å². The van der Waals surface area contributed by atoms with Crippen LogP contribution in [0.3, 0.4) is 0 Å². The predicted octanol–water partition coefficient (Wildman–Crippen LogP) is 2.85. The zero-order valence-corrected chi connectivity index (χ0v) is 18.3. The Morgan fingerprint density at radius 2 is 1.35 bits per heavy atom. The van der Waals surface area contributed by atoms with E-state index in [9.17, 15) is 30.9 Å². The van der Waals surface area contributed by atoms with Gasteiger partial charge in [0.1, 0.15) is 5.75 Å². The van der Waals surface area contributed by atoms with Crippen molar-refractivity contribution >= 4 is 54.3 Å². The van der Waals surface area contributed by atoms with Crippen LogP contribution in [-0.4, -0.2) is 46.0 Å². The van der Waals surface area contributed by atoms with Gasteiger partial charge in [0.25, 0.3) is 20.2 Å². The van der Waals surface area contributed by atoms with Gasteiger partial charge in [-0.2, -0.15) is 36.2 Å². The number of aromatic nitrogens is 3.